The second-order valence-corrected chi connectivity index (χ2v) is 6.59. The Balaban J connectivity index is 2.00. The lowest BCUT2D eigenvalue weighted by atomic mass is 10.1. The van der Waals surface area contributed by atoms with E-state index < -0.39 is 12.1 Å². The van der Waals surface area contributed by atoms with E-state index in [1.165, 1.54) is 24.1 Å². The molecule has 0 saturated carbocycles. The highest BCUT2D eigenvalue weighted by atomic mass is 19.1. The van der Waals surface area contributed by atoms with E-state index in [0.717, 1.165) is 11.8 Å². The Morgan fingerprint density at radius 3 is 2.74 bits per heavy atom. The normalized spacial score (nSPS) is 18.7. The van der Waals surface area contributed by atoms with Crippen molar-refractivity contribution in [1.82, 2.24) is 9.80 Å². The molecule has 2 rings (SSSR count). The lowest BCUT2D eigenvalue weighted by Gasteiger charge is -2.40. The Morgan fingerprint density at radius 2 is 2.11 bits per heavy atom. The van der Waals surface area contributed by atoms with Gasteiger partial charge < -0.3 is 19.5 Å². The van der Waals surface area contributed by atoms with Crippen LogP contribution in [0.15, 0.2) is 24.3 Å². The fraction of sp³-hybridized carbons (Fsp3) is 0.526. The minimum absolute atomic E-state index is 0.127. The van der Waals surface area contributed by atoms with Gasteiger partial charge in [-0.05, 0) is 30.5 Å². The number of halogens is 1. The maximum absolute atomic E-state index is 13.0. The Kier molecular flexibility index (Phi) is 7.87. The number of morpholine rings is 1. The first kappa shape index (κ1) is 21.0. The molecule has 1 heterocycles. The zero-order valence-electron chi connectivity index (χ0n) is 15.3. The number of carbonyl (C=O) groups excluding carboxylic acids is 2. The van der Waals surface area contributed by atoms with Crippen LogP contribution in [0.1, 0.15) is 24.8 Å². The lowest BCUT2D eigenvalue weighted by Crippen LogP contribution is -2.58. The summed E-state index contributed by atoms with van der Waals surface area (Å²) in [6, 6.07) is 6.10. The molecule has 8 heteroatoms. The third-order valence-electron chi connectivity index (χ3n) is 4.59. The van der Waals surface area contributed by atoms with E-state index in [0.29, 0.717) is 32.5 Å². The van der Waals surface area contributed by atoms with Crippen molar-refractivity contribution in [2.24, 2.45) is 0 Å². The van der Waals surface area contributed by atoms with Crippen LogP contribution in [0.4, 0.5) is 4.39 Å². The molecule has 0 aliphatic carbocycles. The van der Waals surface area contributed by atoms with Crippen LogP contribution in [0.25, 0.3) is 0 Å². The van der Waals surface area contributed by atoms with Crippen molar-refractivity contribution in [2.45, 2.75) is 38.0 Å². The smallest absolute Gasteiger partial charge is 0.341 e. The van der Waals surface area contributed by atoms with Crippen LogP contribution < -0.4 is 0 Å². The van der Waals surface area contributed by atoms with Crippen molar-refractivity contribution in [3.63, 3.8) is 0 Å². The van der Waals surface area contributed by atoms with Crippen LogP contribution in [0.5, 0.6) is 0 Å². The fourth-order valence-corrected chi connectivity index (χ4v) is 3.19. The molecular formula is C19H25FN2O5. The molecule has 27 heavy (non-hydrogen) atoms. The molecule has 7 nitrogen and oxygen atoms in total. The van der Waals surface area contributed by atoms with Gasteiger partial charge in [-0.2, -0.15) is 0 Å². The van der Waals surface area contributed by atoms with Gasteiger partial charge in [0.05, 0.1) is 12.7 Å². The number of unbranched alkanes of at least 4 members (excludes halogenated alkanes) is 1. The number of ether oxygens (including phenoxy) is 1. The van der Waals surface area contributed by atoms with Gasteiger partial charge in [0.25, 0.3) is 0 Å². The Bertz CT molecular complexity index is 652. The molecule has 1 aliphatic heterocycles. The predicted octanol–water partition coefficient (Wildman–Crippen LogP) is 1.31. The van der Waals surface area contributed by atoms with Gasteiger partial charge in [0.15, 0.2) is 6.17 Å². The van der Waals surface area contributed by atoms with Gasteiger partial charge in [-0.15, -0.1) is 0 Å². The summed E-state index contributed by atoms with van der Waals surface area (Å²) >= 11 is 0. The first-order valence-corrected chi connectivity index (χ1v) is 8.94. The molecule has 1 amide bonds. The molecule has 0 radical (unpaired) electrons. The topological polar surface area (TPSA) is 87.2 Å². The minimum Gasteiger partial charge on any atom is -0.479 e. The number of hydrogen-bond acceptors (Lipinski definition) is 5. The summed E-state index contributed by atoms with van der Waals surface area (Å²) in [6.45, 7) is 1.09. The Labute approximate surface area is 157 Å². The van der Waals surface area contributed by atoms with Crippen LogP contribution in [0, 0.1) is 5.82 Å². The second-order valence-electron chi connectivity index (χ2n) is 6.59. The molecule has 1 aliphatic rings. The zero-order valence-corrected chi connectivity index (χ0v) is 15.3. The fourth-order valence-electron chi connectivity index (χ4n) is 3.19. The number of aldehydes is 1. The molecule has 148 valence electrons. The second kappa shape index (κ2) is 10.1. The van der Waals surface area contributed by atoms with E-state index in [2.05, 4.69) is 0 Å². The maximum atomic E-state index is 13.0. The van der Waals surface area contributed by atoms with E-state index in [1.54, 1.807) is 17.0 Å². The largest absolute Gasteiger partial charge is 0.479 e. The van der Waals surface area contributed by atoms with Crippen molar-refractivity contribution in [3.05, 3.63) is 35.6 Å². The van der Waals surface area contributed by atoms with E-state index in [1.807, 2.05) is 0 Å². The SMILES string of the molecule is CN(C(=O)CCCC=O)[C@H](C(=O)O)N1CCOC(Cc2ccc(F)cc2)C1. The summed E-state index contributed by atoms with van der Waals surface area (Å²) in [5.74, 6) is -1.74. The molecule has 1 saturated heterocycles. The summed E-state index contributed by atoms with van der Waals surface area (Å²) < 4.78 is 18.8. The van der Waals surface area contributed by atoms with Gasteiger partial charge in [0.2, 0.25) is 5.91 Å². The summed E-state index contributed by atoms with van der Waals surface area (Å²) in [7, 11) is 1.46. The number of benzene rings is 1. The number of carbonyl (C=O) groups is 3. The predicted molar refractivity (Wildman–Crippen MR) is 95.5 cm³/mol. The van der Waals surface area contributed by atoms with Gasteiger partial charge in [0, 0.05) is 33.0 Å². The Morgan fingerprint density at radius 1 is 1.41 bits per heavy atom. The summed E-state index contributed by atoms with van der Waals surface area (Å²) in [4.78, 5) is 37.4. The molecule has 1 aromatic carbocycles. The van der Waals surface area contributed by atoms with Crippen molar-refractivity contribution >= 4 is 18.2 Å². The molecule has 0 spiro atoms. The van der Waals surface area contributed by atoms with Crippen molar-refractivity contribution in [3.8, 4) is 0 Å². The van der Waals surface area contributed by atoms with Crippen LogP contribution in [0.3, 0.4) is 0 Å². The average molecular weight is 380 g/mol. The number of carboxylic acid groups (broad SMARTS) is 1. The molecule has 1 aromatic rings. The van der Waals surface area contributed by atoms with Gasteiger partial charge in [-0.25, -0.2) is 9.18 Å². The molecule has 0 aromatic heterocycles. The van der Waals surface area contributed by atoms with E-state index in [4.69, 9.17) is 4.74 Å². The van der Waals surface area contributed by atoms with E-state index in [9.17, 15) is 23.9 Å². The summed E-state index contributed by atoms with van der Waals surface area (Å²) in [5, 5.41) is 9.65. The van der Waals surface area contributed by atoms with Crippen molar-refractivity contribution in [2.75, 3.05) is 26.7 Å². The van der Waals surface area contributed by atoms with Crippen LogP contribution in [-0.2, 0) is 25.5 Å². The van der Waals surface area contributed by atoms with Crippen molar-refractivity contribution in [1.29, 1.82) is 0 Å². The van der Waals surface area contributed by atoms with Crippen LogP contribution in [-0.4, -0.2) is 72.1 Å². The van der Waals surface area contributed by atoms with E-state index >= 15 is 0 Å². The quantitative estimate of drug-likeness (QED) is 0.513. The highest BCUT2D eigenvalue weighted by Crippen LogP contribution is 2.17. The summed E-state index contributed by atoms with van der Waals surface area (Å²) in [5.41, 5.74) is 0.897. The number of rotatable bonds is 9. The maximum Gasteiger partial charge on any atom is 0.341 e. The average Bonchev–Trinajstić information content (AvgIpc) is 2.64. The standard InChI is InChI=1S/C19H25FN2O5/c1-21(17(24)4-2-3-10-23)18(19(25)26)22-9-11-27-16(13-22)12-14-5-7-15(20)8-6-14/h5-8,10,16,18H,2-4,9,11-13H2,1H3,(H,25,26)/t16?,18-/m0/s1. The number of aliphatic carboxylic acids is 1. The van der Waals surface area contributed by atoms with Crippen LogP contribution >= 0.6 is 0 Å². The third-order valence-corrected chi connectivity index (χ3v) is 4.59. The van der Waals surface area contributed by atoms with Crippen molar-refractivity contribution < 1.29 is 28.6 Å². The monoisotopic (exact) mass is 380 g/mol. The molecule has 1 unspecified atom stereocenters. The zero-order chi connectivity index (χ0) is 19.8. The molecule has 0 bridgehead atoms. The third kappa shape index (κ3) is 6.11. The minimum atomic E-state index is -1.11. The number of amides is 1. The Hall–Kier alpha value is -2.32. The highest BCUT2D eigenvalue weighted by molar-refractivity contribution is 5.83. The number of carboxylic acids is 1. The summed E-state index contributed by atoms with van der Waals surface area (Å²) in [6.07, 6.45) is 0.731. The van der Waals surface area contributed by atoms with Gasteiger partial charge in [0.1, 0.15) is 12.1 Å². The molecule has 1 N–H and O–H groups in total. The number of hydrogen-bond donors (Lipinski definition) is 1. The number of likely N-dealkylation sites (N-methyl/N-ethyl adjacent to an activating group) is 1. The van der Waals surface area contributed by atoms with E-state index in [-0.39, 0.29) is 30.7 Å². The lowest BCUT2D eigenvalue weighted by molar-refractivity contribution is -0.162. The first-order chi connectivity index (χ1) is 12.9. The molecule has 2 atom stereocenters. The number of nitrogens with zero attached hydrogens (tertiary/aromatic N) is 2. The molecule has 1 fully saturated rings. The first-order valence-electron chi connectivity index (χ1n) is 8.94. The molecular weight excluding hydrogens is 355 g/mol. The van der Waals surface area contributed by atoms with Crippen LogP contribution in [0.2, 0.25) is 0 Å². The van der Waals surface area contributed by atoms with Gasteiger partial charge in [-0.1, -0.05) is 12.1 Å². The van der Waals surface area contributed by atoms with Gasteiger partial charge >= 0.3 is 5.97 Å². The highest BCUT2D eigenvalue weighted by Gasteiger charge is 2.35. The van der Waals surface area contributed by atoms with Gasteiger partial charge in [-0.3, -0.25) is 9.69 Å².